The van der Waals surface area contributed by atoms with Gasteiger partial charge in [0.15, 0.2) is 0 Å². The maximum Gasteiger partial charge on any atom is 0.0980 e. The van der Waals surface area contributed by atoms with E-state index in [9.17, 15) is 0 Å². The Balaban J connectivity index is 4.23. The van der Waals surface area contributed by atoms with E-state index in [0.717, 1.165) is 25.7 Å². The molecule has 0 heterocycles. The Hall–Kier alpha value is -0.0800. The third-order valence-electron chi connectivity index (χ3n) is 3.45. The molecule has 0 aliphatic rings. The summed E-state index contributed by atoms with van der Waals surface area (Å²) < 4.78 is 0. The van der Waals surface area contributed by atoms with Gasteiger partial charge < -0.3 is 0 Å². The summed E-state index contributed by atoms with van der Waals surface area (Å²) in [5.74, 6) is 0. The van der Waals surface area contributed by atoms with Crippen LogP contribution < -0.4 is 0 Å². The van der Waals surface area contributed by atoms with Crippen LogP contribution in [0.1, 0.15) is 94.9 Å². The van der Waals surface area contributed by atoms with E-state index in [1.807, 2.05) is 0 Å². The third kappa shape index (κ3) is 11.7. The van der Waals surface area contributed by atoms with Crippen LogP contribution >= 0.6 is 0 Å². The smallest absolute Gasteiger partial charge is 0.0980 e. The monoisotopic (exact) mass is 286 g/mol. The van der Waals surface area contributed by atoms with Crippen LogP contribution in [0.5, 0.6) is 0 Å². The molecule has 0 radical (unpaired) electrons. The summed E-state index contributed by atoms with van der Waals surface area (Å²) in [7, 11) is 0. The zero-order chi connectivity index (χ0) is 16.2. The van der Waals surface area contributed by atoms with Crippen molar-refractivity contribution in [1.82, 2.24) is 0 Å². The van der Waals surface area contributed by atoms with Gasteiger partial charge >= 0.3 is 0 Å². The quantitative estimate of drug-likeness (QED) is 0.413. The standard InChI is InChI=1S/C18H38O2/c1-15(2,3)11-13-17(7,8)19-20-18(9,10)14-12-16(4,5)6/h11-14H2,1-10H3. The second kappa shape index (κ2) is 6.79. The SMILES string of the molecule is CC(C)(C)CCC(C)(C)OOC(C)(C)CCC(C)(C)C. The number of hydrogen-bond donors (Lipinski definition) is 0. The first-order chi connectivity index (χ1) is 8.62. The minimum Gasteiger partial charge on any atom is -0.230 e. The van der Waals surface area contributed by atoms with Crippen molar-refractivity contribution < 1.29 is 9.78 Å². The molecule has 0 aromatic heterocycles. The van der Waals surface area contributed by atoms with E-state index < -0.39 is 0 Å². The molecule has 0 unspecified atom stereocenters. The molecular formula is C18H38O2. The molecule has 0 spiro atoms. The molecule has 0 fully saturated rings. The molecular weight excluding hydrogens is 248 g/mol. The molecule has 0 aliphatic heterocycles. The number of hydrogen-bond acceptors (Lipinski definition) is 2. The van der Waals surface area contributed by atoms with E-state index in [0.29, 0.717) is 10.8 Å². The molecule has 0 aromatic carbocycles. The molecule has 2 heteroatoms. The Labute approximate surface area is 127 Å². The maximum atomic E-state index is 5.75. The van der Waals surface area contributed by atoms with E-state index in [-0.39, 0.29) is 11.2 Å². The van der Waals surface area contributed by atoms with Crippen molar-refractivity contribution >= 4 is 0 Å². The van der Waals surface area contributed by atoms with Crippen molar-refractivity contribution in [3.63, 3.8) is 0 Å². The van der Waals surface area contributed by atoms with Gasteiger partial charge in [-0.25, -0.2) is 9.78 Å². The van der Waals surface area contributed by atoms with E-state index in [1.54, 1.807) is 0 Å². The Morgan fingerprint density at radius 3 is 0.900 bits per heavy atom. The van der Waals surface area contributed by atoms with Gasteiger partial charge in [0.2, 0.25) is 0 Å². The van der Waals surface area contributed by atoms with E-state index in [2.05, 4.69) is 69.2 Å². The van der Waals surface area contributed by atoms with Crippen LogP contribution in [0.25, 0.3) is 0 Å². The topological polar surface area (TPSA) is 18.5 Å². The normalized spacial score (nSPS) is 14.7. The lowest BCUT2D eigenvalue weighted by molar-refractivity contribution is -0.403. The van der Waals surface area contributed by atoms with Gasteiger partial charge in [-0.05, 0) is 64.2 Å². The van der Waals surface area contributed by atoms with Crippen molar-refractivity contribution in [2.24, 2.45) is 10.8 Å². The van der Waals surface area contributed by atoms with Gasteiger partial charge in [0.1, 0.15) is 0 Å². The van der Waals surface area contributed by atoms with Crippen molar-refractivity contribution in [1.29, 1.82) is 0 Å². The van der Waals surface area contributed by atoms with Crippen LogP contribution in [0.2, 0.25) is 0 Å². The summed E-state index contributed by atoms with van der Waals surface area (Å²) in [5, 5.41) is 0. The lowest BCUT2D eigenvalue weighted by atomic mass is 9.86. The molecule has 20 heavy (non-hydrogen) atoms. The Kier molecular flexibility index (Phi) is 6.76. The van der Waals surface area contributed by atoms with Crippen LogP contribution in [0, 0.1) is 10.8 Å². The molecule has 122 valence electrons. The van der Waals surface area contributed by atoms with Crippen LogP contribution in [-0.2, 0) is 9.78 Å². The molecule has 0 aromatic rings. The van der Waals surface area contributed by atoms with Gasteiger partial charge in [-0.1, -0.05) is 41.5 Å². The fourth-order valence-corrected chi connectivity index (χ4v) is 1.66. The highest BCUT2D eigenvalue weighted by Crippen LogP contribution is 2.31. The zero-order valence-corrected chi connectivity index (χ0v) is 15.6. The Morgan fingerprint density at radius 1 is 0.450 bits per heavy atom. The molecule has 0 saturated heterocycles. The van der Waals surface area contributed by atoms with Crippen molar-refractivity contribution in [3.05, 3.63) is 0 Å². The minimum absolute atomic E-state index is 0.230. The predicted octanol–water partition coefficient (Wildman–Crippen LogP) is 6.14. The Bertz CT molecular complexity index is 247. The molecule has 0 rings (SSSR count). The average molecular weight is 286 g/mol. The van der Waals surface area contributed by atoms with Gasteiger partial charge in [-0.15, -0.1) is 0 Å². The highest BCUT2D eigenvalue weighted by Gasteiger charge is 2.29. The molecule has 0 atom stereocenters. The molecule has 0 saturated carbocycles. The summed E-state index contributed by atoms with van der Waals surface area (Å²) in [4.78, 5) is 11.5. The summed E-state index contributed by atoms with van der Waals surface area (Å²) in [6, 6.07) is 0. The van der Waals surface area contributed by atoms with Crippen LogP contribution in [-0.4, -0.2) is 11.2 Å². The molecule has 2 nitrogen and oxygen atoms in total. The van der Waals surface area contributed by atoms with E-state index in [4.69, 9.17) is 9.78 Å². The van der Waals surface area contributed by atoms with Crippen LogP contribution in [0.15, 0.2) is 0 Å². The Morgan fingerprint density at radius 2 is 0.700 bits per heavy atom. The highest BCUT2D eigenvalue weighted by molar-refractivity contribution is 4.75. The second-order valence-electron chi connectivity index (χ2n) is 9.81. The molecule has 0 N–H and O–H groups in total. The van der Waals surface area contributed by atoms with Gasteiger partial charge in [0, 0.05) is 0 Å². The summed E-state index contributed by atoms with van der Waals surface area (Å²) in [6.45, 7) is 22.0. The predicted molar refractivity (Wildman–Crippen MR) is 87.7 cm³/mol. The van der Waals surface area contributed by atoms with Crippen LogP contribution in [0.4, 0.5) is 0 Å². The lowest BCUT2D eigenvalue weighted by Crippen LogP contribution is -2.34. The fourth-order valence-electron chi connectivity index (χ4n) is 1.66. The highest BCUT2D eigenvalue weighted by atomic mass is 17.2. The summed E-state index contributed by atoms with van der Waals surface area (Å²) in [6.07, 6.45) is 4.27. The zero-order valence-electron chi connectivity index (χ0n) is 15.6. The summed E-state index contributed by atoms with van der Waals surface area (Å²) in [5.41, 5.74) is 0.212. The third-order valence-corrected chi connectivity index (χ3v) is 3.45. The molecule has 0 aliphatic carbocycles. The average Bonchev–Trinajstić information content (AvgIpc) is 2.20. The first kappa shape index (κ1) is 19.9. The first-order valence-electron chi connectivity index (χ1n) is 7.99. The lowest BCUT2D eigenvalue weighted by Gasteiger charge is -2.33. The summed E-state index contributed by atoms with van der Waals surface area (Å²) >= 11 is 0. The second-order valence-corrected chi connectivity index (χ2v) is 9.81. The van der Waals surface area contributed by atoms with Gasteiger partial charge in [-0.2, -0.15) is 0 Å². The van der Waals surface area contributed by atoms with E-state index in [1.165, 1.54) is 0 Å². The van der Waals surface area contributed by atoms with Gasteiger partial charge in [0.05, 0.1) is 11.2 Å². The van der Waals surface area contributed by atoms with Gasteiger partial charge in [-0.3, -0.25) is 0 Å². The maximum absolute atomic E-state index is 5.75. The molecule has 0 bridgehead atoms. The van der Waals surface area contributed by atoms with Crippen LogP contribution in [0.3, 0.4) is 0 Å². The fraction of sp³-hybridized carbons (Fsp3) is 1.00. The van der Waals surface area contributed by atoms with Gasteiger partial charge in [0.25, 0.3) is 0 Å². The molecule has 0 amide bonds. The van der Waals surface area contributed by atoms with Crippen molar-refractivity contribution in [2.45, 2.75) is 106 Å². The van der Waals surface area contributed by atoms with E-state index >= 15 is 0 Å². The van der Waals surface area contributed by atoms with Crippen molar-refractivity contribution in [3.8, 4) is 0 Å². The number of rotatable bonds is 7. The van der Waals surface area contributed by atoms with Crippen molar-refractivity contribution in [2.75, 3.05) is 0 Å². The largest absolute Gasteiger partial charge is 0.230 e. The minimum atomic E-state index is -0.230. The first-order valence-corrected chi connectivity index (χ1v) is 7.99.